The van der Waals surface area contributed by atoms with Crippen LogP contribution in [0.2, 0.25) is 0 Å². The lowest BCUT2D eigenvalue weighted by Gasteiger charge is -2.31. The number of nitrogens with zero attached hydrogens (tertiary/aromatic N) is 2. The molecule has 0 bridgehead atoms. The van der Waals surface area contributed by atoms with Crippen LogP contribution in [0.15, 0.2) is 54.7 Å². The number of carboxylic acid groups (broad SMARTS) is 1. The van der Waals surface area contributed by atoms with E-state index >= 15 is 0 Å². The van der Waals surface area contributed by atoms with Crippen molar-refractivity contribution in [1.82, 2.24) is 15.3 Å². The molecule has 0 aliphatic heterocycles. The number of primary amides is 1. The molecule has 0 saturated heterocycles. The maximum atomic E-state index is 14.1. The fourth-order valence-electron chi connectivity index (χ4n) is 4.68. The highest BCUT2D eigenvalue weighted by molar-refractivity contribution is 5.94. The van der Waals surface area contributed by atoms with Crippen molar-refractivity contribution in [2.24, 2.45) is 11.7 Å². The van der Waals surface area contributed by atoms with E-state index in [2.05, 4.69) is 15.3 Å². The number of hydrogen-bond acceptors (Lipinski definition) is 9. The number of carbonyl (C=O) groups excluding carboxylic acids is 3. The molecule has 1 heterocycles. The molecule has 0 fully saturated rings. The Bertz CT molecular complexity index is 1480. The third-order valence-corrected chi connectivity index (χ3v) is 7.09. The lowest BCUT2D eigenvalue weighted by atomic mass is 9.87. The Hall–Kier alpha value is -4.49. The number of aliphatic carboxylic acids is 1. The van der Waals surface area contributed by atoms with E-state index in [0.717, 1.165) is 0 Å². The number of esters is 1. The number of halogens is 1. The van der Waals surface area contributed by atoms with Crippen LogP contribution in [0.3, 0.4) is 0 Å². The van der Waals surface area contributed by atoms with Crippen LogP contribution in [-0.4, -0.2) is 68.5 Å². The van der Waals surface area contributed by atoms with E-state index in [1.807, 2.05) is 0 Å². The normalized spacial score (nSPS) is 13.5. The van der Waals surface area contributed by atoms with Gasteiger partial charge in [-0.05, 0) is 75.8 Å². The summed E-state index contributed by atoms with van der Waals surface area (Å²) in [5.41, 5.74) is 6.25. The van der Waals surface area contributed by atoms with Gasteiger partial charge in [-0.1, -0.05) is 24.3 Å². The number of rotatable bonds is 18. The molecule has 0 unspecified atom stereocenters. The molecule has 3 atom stereocenters. The smallest absolute Gasteiger partial charge is 0.307 e. The van der Waals surface area contributed by atoms with Crippen molar-refractivity contribution in [3.05, 3.63) is 71.8 Å². The number of benzene rings is 2. The predicted octanol–water partition coefficient (Wildman–Crippen LogP) is 3.29. The molecule has 5 N–H and O–H groups in total. The number of nitrogens with one attached hydrogen (secondary N) is 1. The standard InChI is InChI=1S/C32H39FN4O8/c1-32(2,43)14-13-21(30(34)41)17-27(44-19-45-29(40)12-6-11-28(38)39)25(16-20-7-5-8-22(33)15-20)37-31(42)26-18-35-23-9-3-4-10-24(23)36-26/h3-5,7-10,15,18,21,25,27,43H,6,11-14,16-17,19H2,1-2H3,(H2,34,41)(H,37,42)(H,38,39)/t21-,25+,27+/m1/s1. The monoisotopic (exact) mass is 626 g/mol. The first-order chi connectivity index (χ1) is 21.3. The van der Waals surface area contributed by atoms with Gasteiger partial charge in [-0.25, -0.2) is 9.37 Å². The Labute approximate surface area is 260 Å². The minimum absolute atomic E-state index is 0.00929. The molecule has 0 aliphatic carbocycles. The number of fused-ring (bicyclic) bond motifs is 1. The molecule has 1 aromatic heterocycles. The van der Waals surface area contributed by atoms with Crippen LogP contribution in [0.5, 0.6) is 0 Å². The molecular formula is C32H39FN4O8. The molecule has 2 amide bonds. The zero-order valence-electron chi connectivity index (χ0n) is 25.3. The topological polar surface area (TPSA) is 191 Å². The summed E-state index contributed by atoms with van der Waals surface area (Å²) in [4.78, 5) is 57.6. The summed E-state index contributed by atoms with van der Waals surface area (Å²) in [6.07, 6.45) is 0.495. The van der Waals surface area contributed by atoms with E-state index in [1.165, 1.54) is 24.4 Å². The molecule has 0 saturated carbocycles. The first-order valence-electron chi connectivity index (χ1n) is 14.6. The zero-order valence-corrected chi connectivity index (χ0v) is 25.3. The highest BCUT2D eigenvalue weighted by Gasteiger charge is 2.32. The average Bonchev–Trinajstić information content (AvgIpc) is 2.97. The largest absolute Gasteiger partial charge is 0.481 e. The number of amides is 2. The Kier molecular flexibility index (Phi) is 12.9. The van der Waals surface area contributed by atoms with E-state index in [4.69, 9.17) is 20.3 Å². The summed E-state index contributed by atoms with van der Waals surface area (Å²) >= 11 is 0. The minimum Gasteiger partial charge on any atom is -0.481 e. The van der Waals surface area contributed by atoms with Crippen LogP contribution >= 0.6 is 0 Å². The van der Waals surface area contributed by atoms with Crippen molar-refractivity contribution in [2.45, 2.75) is 76.5 Å². The van der Waals surface area contributed by atoms with Crippen LogP contribution in [0, 0.1) is 11.7 Å². The van der Waals surface area contributed by atoms with Gasteiger partial charge in [0.2, 0.25) is 5.91 Å². The quantitative estimate of drug-likeness (QED) is 0.120. The maximum Gasteiger partial charge on any atom is 0.307 e. The summed E-state index contributed by atoms with van der Waals surface area (Å²) in [7, 11) is 0. The summed E-state index contributed by atoms with van der Waals surface area (Å²) in [6.45, 7) is 2.62. The number of ether oxygens (including phenoxy) is 2. The maximum absolute atomic E-state index is 14.1. The van der Waals surface area contributed by atoms with Crippen LogP contribution < -0.4 is 11.1 Å². The number of nitrogens with two attached hydrogens (primary N) is 1. The number of para-hydroxylation sites is 2. The van der Waals surface area contributed by atoms with Gasteiger partial charge in [-0.2, -0.15) is 0 Å². The van der Waals surface area contributed by atoms with Crippen LogP contribution in [0.1, 0.15) is 68.4 Å². The van der Waals surface area contributed by atoms with E-state index in [1.54, 1.807) is 44.2 Å². The Morgan fingerprint density at radius 3 is 2.47 bits per heavy atom. The van der Waals surface area contributed by atoms with Gasteiger partial charge in [0.25, 0.3) is 5.91 Å². The van der Waals surface area contributed by atoms with Crippen molar-refractivity contribution < 1.29 is 43.3 Å². The number of aromatic nitrogens is 2. The molecular weight excluding hydrogens is 587 g/mol. The molecule has 0 radical (unpaired) electrons. The van der Waals surface area contributed by atoms with Gasteiger partial charge < -0.3 is 30.7 Å². The van der Waals surface area contributed by atoms with E-state index in [0.29, 0.717) is 16.6 Å². The van der Waals surface area contributed by atoms with Gasteiger partial charge in [-0.3, -0.25) is 24.2 Å². The molecule has 0 aliphatic rings. The Balaban J connectivity index is 1.89. The second-order valence-electron chi connectivity index (χ2n) is 11.4. The second-order valence-corrected chi connectivity index (χ2v) is 11.4. The van der Waals surface area contributed by atoms with Crippen molar-refractivity contribution in [1.29, 1.82) is 0 Å². The summed E-state index contributed by atoms with van der Waals surface area (Å²) in [5, 5.41) is 21.9. The molecule has 45 heavy (non-hydrogen) atoms. The first kappa shape index (κ1) is 35.0. The molecule has 2 aromatic carbocycles. The lowest BCUT2D eigenvalue weighted by Crippen LogP contribution is -2.48. The second kappa shape index (κ2) is 16.5. The molecule has 3 aromatic rings. The Morgan fingerprint density at radius 1 is 1.07 bits per heavy atom. The number of hydrogen-bond donors (Lipinski definition) is 4. The van der Waals surface area contributed by atoms with Crippen molar-refractivity contribution in [3.63, 3.8) is 0 Å². The van der Waals surface area contributed by atoms with Crippen LogP contribution in [-0.2, 0) is 30.3 Å². The number of carbonyl (C=O) groups is 4. The van der Waals surface area contributed by atoms with Crippen molar-refractivity contribution >= 4 is 34.8 Å². The SMILES string of the molecule is CC(C)(O)CC[C@H](C[C@H](OCOC(=O)CCCC(=O)O)[C@H](Cc1cccc(F)c1)NC(=O)c1cnc2ccccc2n1)C(N)=O. The first-order valence-corrected chi connectivity index (χ1v) is 14.6. The fraction of sp³-hybridized carbons (Fsp3) is 0.438. The third-order valence-electron chi connectivity index (χ3n) is 7.09. The van der Waals surface area contributed by atoms with Gasteiger partial charge in [0, 0.05) is 18.8 Å². The summed E-state index contributed by atoms with van der Waals surface area (Å²) in [5.74, 6) is -4.31. The lowest BCUT2D eigenvalue weighted by molar-refractivity contribution is -0.164. The number of carboxylic acids is 1. The van der Waals surface area contributed by atoms with Gasteiger partial charge in [0.1, 0.15) is 11.5 Å². The highest BCUT2D eigenvalue weighted by atomic mass is 19.1. The number of aliphatic hydroxyl groups is 1. The Morgan fingerprint density at radius 2 is 1.80 bits per heavy atom. The summed E-state index contributed by atoms with van der Waals surface area (Å²) < 4.78 is 25.3. The fourth-order valence-corrected chi connectivity index (χ4v) is 4.68. The molecule has 12 nitrogen and oxygen atoms in total. The average molecular weight is 627 g/mol. The highest BCUT2D eigenvalue weighted by Crippen LogP contribution is 2.24. The predicted molar refractivity (Wildman–Crippen MR) is 161 cm³/mol. The molecule has 3 rings (SSSR count). The van der Waals surface area contributed by atoms with Gasteiger partial charge in [0.05, 0.1) is 35.0 Å². The zero-order chi connectivity index (χ0) is 33.0. The van der Waals surface area contributed by atoms with Crippen molar-refractivity contribution in [3.8, 4) is 0 Å². The van der Waals surface area contributed by atoms with Crippen LogP contribution in [0.4, 0.5) is 4.39 Å². The van der Waals surface area contributed by atoms with Gasteiger partial charge >= 0.3 is 11.9 Å². The van der Waals surface area contributed by atoms with E-state index in [9.17, 15) is 28.7 Å². The molecule has 0 spiro atoms. The van der Waals surface area contributed by atoms with Crippen LogP contribution in [0.25, 0.3) is 11.0 Å². The third kappa shape index (κ3) is 12.2. The summed E-state index contributed by atoms with van der Waals surface area (Å²) in [6, 6.07) is 11.9. The van der Waals surface area contributed by atoms with Gasteiger partial charge in [-0.15, -0.1) is 0 Å². The minimum atomic E-state index is -1.08. The van der Waals surface area contributed by atoms with Gasteiger partial charge in [0.15, 0.2) is 6.79 Å². The van der Waals surface area contributed by atoms with Crippen molar-refractivity contribution in [2.75, 3.05) is 6.79 Å². The molecule has 13 heteroatoms. The molecule has 242 valence electrons. The van der Waals surface area contributed by atoms with E-state index in [-0.39, 0.29) is 50.6 Å². The van der Waals surface area contributed by atoms with E-state index < -0.39 is 60.0 Å².